The third-order valence-electron chi connectivity index (χ3n) is 4.36. The fraction of sp³-hybridized carbons (Fsp3) is 0.400. The van der Waals surface area contributed by atoms with Gasteiger partial charge in [0.2, 0.25) is 0 Å². The van der Waals surface area contributed by atoms with Crippen LogP contribution in [0.4, 0.5) is 0 Å². The van der Waals surface area contributed by atoms with Crippen LogP contribution >= 0.6 is 0 Å². The summed E-state index contributed by atoms with van der Waals surface area (Å²) >= 11 is 0. The fourth-order valence-corrected chi connectivity index (χ4v) is 2.64. The largest absolute Gasteiger partial charge is 0.392 e. The fourth-order valence-electron chi connectivity index (χ4n) is 2.64. The Hall–Kier alpha value is -1.81. The highest BCUT2D eigenvalue weighted by molar-refractivity contribution is 6.06. The molecule has 1 amide bonds. The molecule has 100 valence electrons. The van der Waals surface area contributed by atoms with Gasteiger partial charge in [0.15, 0.2) is 0 Å². The van der Waals surface area contributed by atoms with Crippen molar-refractivity contribution in [3.05, 3.63) is 36.0 Å². The first-order chi connectivity index (χ1) is 9.00. The van der Waals surface area contributed by atoms with E-state index in [4.69, 9.17) is 0 Å². The first-order valence-corrected chi connectivity index (χ1v) is 6.55. The van der Waals surface area contributed by atoms with E-state index >= 15 is 0 Å². The molecule has 1 aliphatic carbocycles. The molecule has 0 saturated heterocycles. The van der Waals surface area contributed by atoms with E-state index in [9.17, 15) is 9.90 Å². The average molecular weight is 258 g/mol. The number of carbonyl (C=O) groups excluding carboxylic acids is 1. The van der Waals surface area contributed by atoms with Gasteiger partial charge >= 0.3 is 0 Å². The highest BCUT2D eigenvalue weighted by Crippen LogP contribution is 2.40. The molecule has 0 bridgehead atoms. The zero-order chi connectivity index (χ0) is 13.6. The Morgan fingerprint density at radius 1 is 1.42 bits per heavy atom. The molecule has 2 aromatic rings. The lowest BCUT2D eigenvalue weighted by Crippen LogP contribution is -2.61. The number of aromatic nitrogens is 1. The van der Waals surface area contributed by atoms with Crippen molar-refractivity contribution < 1.29 is 9.90 Å². The monoisotopic (exact) mass is 258 g/mol. The Bertz CT molecular complexity index is 630. The molecule has 2 atom stereocenters. The first-order valence-electron chi connectivity index (χ1n) is 6.55. The summed E-state index contributed by atoms with van der Waals surface area (Å²) < 4.78 is 0. The van der Waals surface area contributed by atoms with Crippen molar-refractivity contribution in [2.45, 2.75) is 32.4 Å². The maximum Gasteiger partial charge on any atom is 0.253 e. The molecule has 4 heteroatoms. The lowest BCUT2D eigenvalue weighted by molar-refractivity contribution is -0.0689. The van der Waals surface area contributed by atoms with E-state index in [0.717, 1.165) is 10.9 Å². The number of carbonyl (C=O) groups is 1. The Labute approximate surface area is 111 Å². The summed E-state index contributed by atoms with van der Waals surface area (Å²) in [5, 5.41) is 13.6. The molecule has 0 aliphatic heterocycles. The van der Waals surface area contributed by atoms with Gasteiger partial charge in [0, 0.05) is 28.6 Å². The summed E-state index contributed by atoms with van der Waals surface area (Å²) in [6.45, 7) is 3.95. The van der Waals surface area contributed by atoms with Crippen molar-refractivity contribution in [2.24, 2.45) is 5.41 Å². The van der Waals surface area contributed by atoms with Crippen LogP contribution in [0.3, 0.4) is 0 Å². The zero-order valence-corrected chi connectivity index (χ0v) is 11.1. The maximum absolute atomic E-state index is 12.3. The van der Waals surface area contributed by atoms with Crippen LogP contribution in [-0.2, 0) is 0 Å². The second-order valence-electron chi connectivity index (χ2n) is 5.85. The molecule has 0 radical (unpaired) electrons. The van der Waals surface area contributed by atoms with Crippen molar-refractivity contribution >= 4 is 16.8 Å². The molecular weight excluding hydrogens is 240 g/mol. The third-order valence-corrected chi connectivity index (χ3v) is 4.36. The second kappa shape index (κ2) is 4.10. The third kappa shape index (κ3) is 1.83. The molecule has 1 aromatic carbocycles. The van der Waals surface area contributed by atoms with Crippen LogP contribution in [-0.4, -0.2) is 28.1 Å². The number of para-hydroxylation sites is 1. The van der Waals surface area contributed by atoms with Crippen LogP contribution in [0.25, 0.3) is 10.9 Å². The Kier molecular flexibility index (Phi) is 2.64. The van der Waals surface area contributed by atoms with Gasteiger partial charge in [-0.25, -0.2) is 0 Å². The lowest BCUT2D eigenvalue weighted by atomic mass is 9.64. The predicted octanol–water partition coefficient (Wildman–Crippen LogP) is 2.06. The van der Waals surface area contributed by atoms with E-state index in [1.807, 2.05) is 38.1 Å². The lowest BCUT2D eigenvalue weighted by Gasteiger charge is -2.49. The van der Waals surface area contributed by atoms with Gasteiger partial charge in [-0.15, -0.1) is 0 Å². The van der Waals surface area contributed by atoms with Crippen LogP contribution in [0.1, 0.15) is 30.6 Å². The van der Waals surface area contributed by atoms with E-state index in [2.05, 4.69) is 10.3 Å². The van der Waals surface area contributed by atoms with Crippen LogP contribution in [0, 0.1) is 5.41 Å². The molecule has 1 heterocycles. The molecule has 0 spiro atoms. The predicted molar refractivity (Wildman–Crippen MR) is 74.0 cm³/mol. The molecule has 1 aromatic heterocycles. The van der Waals surface area contributed by atoms with E-state index < -0.39 is 0 Å². The smallest absolute Gasteiger partial charge is 0.253 e. The molecule has 3 rings (SSSR count). The van der Waals surface area contributed by atoms with Gasteiger partial charge in [-0.2, -0.15) is 0 Å². The quantitative estimate of drug-likeness (QED) is 0.772. The topological polar surface area (TPSA) is 65.1 Å². The minimum absolute atomic E-state index is 0.0312. The number of rotatable bonds is 2. The number of nitrogens with one attached hydrogen (secondary N) is 2. The van der Waals surface area contributed by atoms with Crippen LogP contribution in [0.2, 0.25) is 0 Å². The number of aliphatic hydroxyl groups excluding tert-OH is 1. The number of H-pyrrole nitrogens is 1. The second-order valence-corrected chi connectivity index (χ2v) is 5.85. The molecule has 4 nitrogen and oxygen atoms in total. The van der Waals surface area contributed by atoms with Gasteiger partial charge in [-0.3, -0.25) is 4.79 Å². The highest BCUT2D eigenvalue weighted by Gasteiger charge is 2.48. The van der Waals surface area contributed by atoms with Crippen LogP contribution in [0.15, 0.2) is 30.5 Å². The van der Waals surface area contributed by atoms with Gasteiger partial charge in [0.1, 0.15) is 0 Å². The van der Waals surface area contributed by atoms with Crippen molar-refractivity contribution in [3.8, 4) is 0 Å². The highest BCUT2D eigenvalue weighted by atomic mass is 16.3. The molecule has 1 fully saturated rings. The molecule has 3 N–H and O–H groups in total. The number of hydrogen-bond donors (Lipinski definition) is 3. The van der Waals surface area contributed by atoms with Gasteiger partial charge in [0.05, 0.1) is 11.7 Å². The summed E-state index contributed by atoms with van der Waals surface area (Å²) in [7, 11) is 0. The SMILES string of the molecule is CC1(C)C(O)CC1NC(=O)c1c[nH]c2ccccc12. The van der Waals surface area contributed by atoms with Crippen LogP contribution < -0.4 is 5.32 Å². The van der Waals surface area contributed by atoms with Gasteiger partial charge in [-0.05, 0) is 12.5 Å². The number of aliphatic hydroxyl groups is 1. The molecule has 1 aliphatic rings. The summed E-state index contributed by atoms with van der Waals surface area (Å²) in [6.07, 6.45) is 2.03. The number of aromatic amines is 1. The van der Waals surface area contributed by atoms with Crippen molar-refractivity contribution in [1.82, 2.24) is 10.3 Å². The Morgan fingerprint density at radius 2 is 2.16 bits per heavy atom. The summed E-state index contributed by atoms with van der Waals surface area (Å²) in [4.78, 5) is 15.4. The average Bonchev–Trinajstić information content (AvgIpc) is 2.82. The van der Waals surface area contributed by atoms with Gasteiger partial charge in [-0.1, -0.05) is 32.0 Å². The van der Waals surface area contributed by atoms with E-state index in [1.54, 1.807) is 6.20 Å². The maximum atomic E-state index is 12.3. The first kappa shape index (κ1) is 12.2. The normalized spacial score (nSPS) is 25.0. The minimum Gasteiger partial charge on any atom is -0.392 e. The summed E-state index contributed by atoms with van der Waals surface area (Å²) in [5.74, 6) is -0.0811. The number of benzene rings is 1. The minimum atomic E-state index is -0.333. The summed E-state index contributed by atoms with van der Waals surface area (Å²) in [6, 6.07) is 7.77. The van der Waals surface area contributed by atoms with Gasteiger partial charge < -0.3 is 15.4 Å². The Balaban J connectivity index is 1.82. The van der Waals surface area contributed by atoms with Gasteiger partial charge in [0.25, 0.3) is 5.91 Å². The van der Waals surface area contributed by atoms with E-state index in [0.29, 0.717) is 12.0 Å². The molecule has 19 heavy (non-hydrogen) atoms. The van der Waals surface area contributed by atoms with E-state index in [-0.39, 0.29) is 23.5 Å². The van der Waals surface area contributed by atoms with Crippen molar-refractivity contribution in [2.75, 3.05) is 0 Å². The van der Waals surface area contributed by atoms with Crippen LogP contribution in [0.5, 0.6) is 0 Å². The standard InChI is InChI=1S/C15H18N2O2/c1-15(2)12(7-13(15)18)17-14(19)10-8-16-11-6-4-3-5-9(10)11/h3-6,8,12-13,16,18H,7H2,1-2H3,(H,17,19). The molecular formula is C15H18N2O2. The van der Waals surface area contributed by atoms with Crippen molar-refractivity contribution in [1.29, 1.82) is 0 Å². The number of fused-ring (bicyclic) bond motifs is 1. The molecule has 2 unspecified atom stereocenters. The number of amides is 1. The van der Waals surface area contributed by atoms with Crippen molar-refractivity contribution in [3.63, 3.8) is 0 Å². The number of hydrogen-bond acceptors (Lipinski definition) is 2. The molecule has 1 saturated carbocycles. The van der Waals surface area contributed by atoms with E-state index in [1.165, 1.54) is 0 Å². The zero-order valence-electron chi connectivity index (χ0n) is 11.1. The summed E-state index contributed by atoms with van der Waals surface area (Å²) in [5.41, 5.74) is 1.37. The Morgan fingerprint density at radius 3 is 2.84 bits per heavy atom.